The first-order valence-corrected chi connectivity index (χ1v) is 14.7. The SMILES string of the molecule is COc1cc(O)c([C@H]2C3=CC[C@@H]4C(=O)N(c5ccc(I)cc5)C(=O)[C@@H]4[C@@H]3C[C@@]3(Cl)C(=O)N(C)C(=O)[C@@]23Cl)c(OC)c1. The fraction of sp³-hybridized carbons (Fsp3) is 0.379. The number of imide groups is 2. The number of nitrogens with zero attached hydrogens (tertiary/aromatic N) is 2. The number of hydrogen-bond donors (Lipinski definition) is 1. The van der Waals surface area contributed by atoms with Crippen molar-refractivity contribution in [1.82, 2.24) is 4.90 Å². The smallest absolute Gasteiger partial charge is 0.253 e. The molecule has 9 nitrogen and oxygen atoms in total. The number of alkyl halides is 2. The van der Waals surface area contributed by atoms with Gasteiger partial charge >= 0.3 is 0 Å². The largest absolute Gasteiger partial charge is 0.507 e. The van der Waals surface area contributed by atoms with Crippen LogP contribution in [-0.4, -0.2) is 64.7 Å². The number of allylic oxidation sites excluding steroid dienone is 2. The number of carbonyl (C=O) groups excluding carboxylic acids is 4. The van der Waals surface area contributed by atoms with Crippen molar-refractivity contribution < 1.29 is 33.8 Å². The normalized spacial score (nSPS) is 32.5. The van der Waals surface area contributed by atoms with Gasteiger partial charge in [-0.15, -0.1) is 23.2 Å². The number of likely N-dealkylation sites (tertiary alicyclic amines) is 1. The predicted molar refractivity (Wildman–Crippen MR) is 158 cm³/mol. The molecule has 2 aromatic carbocycles. The minimum absolute atomic E-state index is 0.144. The molecule has 4 aliphatic rings. The summed E-state index contributed by atoms with van der Waals surface area (Å²) in [5.41, 5.74) is 1.15. The number of phenolic OH excluding ortho intramolecular Hbond substituents is 1. The molecule has 0 bridgehead atoms. The molecule has 6 atom stereocenters. The Kier molecular flexibility index (Phi) is 6.63. The third-order valence-corrected chi connectivity index (χ3v) is 11.1. The number of aromatic hydroxyl groups is 1. The molecule has 0 spiro atoms. The summed E-state index contributed by atoms with van der Waals surface area (Å²) in [4.78, 5) is 53.1. The van der Waals surface area contributed by atoms with Crippen molar-refractivity contribution in [2.45, 2.75) is 28.5 Å². The maximum Gasteiger partial charge on any atom is 0.253 e. The molecule has 2 aliphatic carbocycles. The summed E-state index contributed by atoms with van der Waals surface area (Å²) < 4.78 is 11.9. The van der Waals surface area contributed by atoms with E-state index in [0.717, 1.165) is 8.47 Å². The van der Waals surface area contributed by atoms with Crippen molar-refractivity contribution in [2.75, 3.05) is 26.2 Å². The van der Waals surface area contributed by atoms with Crippen LogP contribution in [0.5, 0.6) is 17.2 Å². The predicted octanol–water partition coefficient (Wildman–Crippen LogP) is 4.21. The highest BCUT2D eigenvalue weighted by molar-refractivity contribution is 14.1. The molecular formula is C29H25Cl2IN2O7. The zero-order valence-corrected chi connectivity index (χ0v) is 25.9. The lowest BCUT2D eigenvalue weighted by molar-refractivity contribution is -0.138. The van der Waals surface area contributed by atoms with Gasteiger partial charge in [-0.3, -0.25) is 29.0 Å². The Bertz CT molecular complexity index is 1560. The summed E-state index contributed by atoms with van der Waals surface area (Å²) in [6, 6.07) is 9.95. The number of anilines is 1. The molecule has 1 N–H and O–H groups in total. The van der Waals surface area contributed by atoms with E-state index in [1.165, 1.54) is 38.3 Å². The zero-order valence-electron chi connectivity index (χ0n) is 22.2. The number of benzene rings is 2. The van der Waals surface area contributed by atoms with Crippen molar-refractivity contribution in [3.8, 4) is 17.2 Å². The van der Waals surface area contributed by atoms with Gasteiger partial charge in [-0.05, 0) is 65.6 Å². The van der Waals surface area contributed by atoms with E-state index in [9.17, 15) is 24.3 Å². The summed E-state index contributed by atoms with van der Waals surface area (Å²) in [7, 11) is 4.13. The summed E-state index contributed by atoms with van der Waals surface area (Å²) in [5, 5.41) is 11.3. The number of hydrogen-bond acceptors (Lipinski definition) is 7. The lowest BCUT2D eigenvalue weighted by Gasteiger charge is -2.51. The van der Waals surface area contributed by atoms with E-state index in [4.69, 9.17) is 32.7 Å². The Hall–Kier alpha value is -2.83. The third-order valence-electron chi connectivity index (χ3n) is 8.94. The van der Waals surface area contributed by atoms with Crippen LogP contribution in [0.4, 0.5) is 5.69 Å². The molecular weight excluding hydrogens is 686 g/mol. The van der Waals surface area contributed by atoms with Gasteiger partial charge in [0.05, 0.1) is 31.7 Å². The molecule has 214 valence electrons. The number of rotatable bonds is 4. The Morgan fingerprint density at radius 2 is 1.66 bits per heavy atom. The summed E-state index contributed by atoms with van der Waals surface area (Å²) in [6.07, 6.45) is 1.87. The first-order valence-electron chi connectivity index (χ1n) is 12.9. The zero-order chi connectivity index (χ0) is 29.6. The van der Waals surface area contributed by atoms with Crippen LogP contribution in [0.1, 0.15) is 24.3 Å². The fourth-order valence-electron chi connectivity index (χ4n) is 7.07. The van der Waals surface area contributed by atoms with E-state index >= 15 is 0 Å². The van der Waals surface area contributed by atoms with Crippen molar-refractivity contribution in [1.29, 1.82) is 0 Å². The Morgan fingerprint density at radius 3 is 2.29 bits per heavy atom. The first-order chi connectivity index (χ1) is 19.4. The second-order valence-corrected chi connectivity index (χ2v) is 13.2. The number of fused-ring (bicyclic) bond motifs is 4. The number of methoxy groups -OCH3 is 2. The average Bonchev–Trinajstić information content (AvgIpc) is 3.28. The van der Waals surface area contributed by atoms with Crippen LogP contribution in [0.3, 0.4) is 0 Å². The monoisotopic (exact) mass is 710 g/mol. The van der Waals surface area contributed by atoms with Gasteiger partial charge in [0.2, 0.25) is 11.8 Å². The van der Waals surface area contributed by atoms with Gasteiger partial charge in [0.1, 0.15) is 17.2 Å². The second-order valence-electron chi connectivity index (χ2n) is 10.7. The minimum atomic E-state index is -2.05. The Morgan fingerprint density at radius 1 is 0.976 bits per heavy atom. The van der Waals surface area contributed by atoms with Gasteiger partial charge in [0.25, 0.3) is 11.8 Å². The van der Waals surface area contributed by atoms with E-state index in [0.29, 0.717) is 17.0 Å². The van der Waals surface area contributed by atoms with Crippen LogP contribution in [0.15, 0.2) is 48.0 Å². The highest BCUT2D eigenvalue weighted by Crippen LogP contribution is 2.67. The number of ether oxygens (including phenoxy) is 2. The molecule has 0 radical (unpaired) electrons. The fourth-order valence-corrected chi connectivity index (χ4v) is 8.43. The topological polar surface area (TPSA) is 113 Å². The van der Waals surface area contributed by atoms with E-state index < -0.39 is 51.1 Å². The van der Waals surface area contributed by atoms with Crippen molar-refractivity contribution in [2.24, 2.45) is 17.8 Å². The van der Waals surface area contributed by atoms with Crippen molar-refractivity contribution >= 4 is 75.1 Å². The van der Waals surface area contributed by atoms with E-state index in [1.54, 1.807) is 18.2 Å². The van der Waals surface area contributed by atoms with Gasteiger partial charge in [-0.2, -0.15) is 0 Å². The molecule has 2 aliphatic heterocycles. The average molecular weight is 711 g/mol. The van der Waals surface area contributed by atoms with Crippen LogP contribution in [0, 0.1) is 21.3 Å². The molecule has 2 aromatic rings. The molecule has 12 heteroatoms. The van der Waals surface area contributed by atoms with Crippen LogP contribution in [-0.2, 0) is 19.2 Å². The third kappa shape index (κ3) is 3.65. The van der Waals surface area contributed by atoms with E-state index in [-0.39, 0.29) is 35.8 Å². The van der Waals surface area contributed by atoms with Crippen LogP contribution < -0.4 is 14.4 Å². The maximum atomic E-state index is 14.0. The van der Waals surface area contributed by atoms with Gasteiger partial charge in [0.15, 0.2) is 9.75 Å². The van der Waals surface area contributed by atoms with Crippen molar-refractivity contribution in [3.05, 3.63) is 57.2 Å². The Labute approximate surface area is 259 Å². The highest BCUT2D eigenvalue weighted by Gasteiger charge is 2.76. The Balaban J connectivity index is 1.55. The molecule has 4 amide bonds. The number of phenols is 1. The van der Waals surface area contributed by atoms with Gasteiger partial charge in [-0.1, -0.05) is 11.6 Å². The quantitative estimate of drug-likeness (QED) is 0.219. The van der Waals surface area contributed by atoms with Crippen molar-refractivity contribution in [3.63, 3.8) is 0 Å². The highest BCUT2D eigenvalue weighted by atomic mass is 127. The number of carbonyl (C=O) groups is 4. The summed E-state index contributed by atoms with van der Waals surface area (Å²) in [5.74, 6) is -5.40. The molecule has 0 unspecified atom stereocenters. The van der Waals surface area contributed by atoms with Crippen LogP contribution in [0.25, 0.3) is 0 Å². The minimum Gasteiger partial charge on any atom is -0.507 e. The molecule has 0 aromatic heterocycles. The van der Waals surface area contributed by atoms with Crippen LogP contribution >= 0.6 is 45.8 Å². The molecule has 41 heavy (non-hydrogen) atoms. The number of amides is 4. The standard InChI is InChI=1S/C29H25Cl2IN2O7/c1-33-26(38)28(30)12-18-16(8-9-17-21(18)25(37)34(24(17)36)14-6-4-13(32)5-7-14)23(29(28,31)27(33)39)22-19(35)10-15(40-2)11-20(22)41-3/h4-8,10-11,17-18,21,23,35H,9,12H2,1-3H3/t17-,18+,21-,23+,28+,29-/m0/s1. The van der Waals surface area contributed by atoms with E-state index in [2.05, 4.69) is 22.6 Å². The van der Waals surface area contributed by atoms with Crippen LogP contribution in [0.2, 0.25) is 0 Å². The van der Waals surface area contributed by atoms with E-state index in [1.807, 2.05) is 12.1 Å². The molecule has 3 fully saturated rings. The summed E-state index contributed by atoms with van der Waals surface area (Å²) >= 11 is 16.5. The molecule has 6 rings (SSSR count). The van der Waals surface area contributed by atoms with Gasteiger partial charge in [-0.25, -0.2) is 0 Å². The second kappa shape index (κ2) is 9.60. The molecule has 2 heterocycles. The first kappa shape index (κ1) is 28.3. The number of halogens is 3. The van der Waals surface area contributed by atoms with Gasteiger partial charge < -0.3 is 14.6 Å². The summed E-state index contributed by atoms with van der Waals surface area (Å²) in [6.45, 7) is 0. The lowest BCUT2D eigenvalue weighted by Crippen LogP contribution is -2.60. The van der Waals surface area contributed by atoms with Gasteiger partial charge in [0, 0.05) is 34.2 Å². The molecule has 2 saturated heterocycles. The maximum absolute atomic E-state index is 14.0. The molecule has 1 saturated carbocycles. The lowest BCUT2D eigenvalue weighted by atomic mass is 9.56.